The van der Waals surface area contributed by atoms with Crippen molar-refractivity contribution in [3.8, 4) is 12.8 Å². The van der Waals surface area contributed by atoms with Crippen molar-refractivity contribution in [1.29, 1.82) is 0 Å². The molecule has 0 fully saturated rings. The third kappa shape index (κ3) is 6.04. The molecule has 13 heavy (non-hydrogen) atoms. The van der Waals surface area contributed by atoms with E-state index in [0.717, 1.165) is 24.2 Å². The largest absolute Gasteiger partial charge is 0.497 e. The lowest BCUT2D eigenvalue weighted by Gasteiger charge is -2.10. The SMILES string of the molecule is C#C.C=C(CCC)C(OC)=C(C)C. The number of hydrogen-bond acceptors (Lipinski definition) is 1. The van der Waals surface area contributed by atoms with Crippen LogP contribution < -0.4 is 0 Å². The van der Waals surface area contributed by atoms with Gasteiger partial charge in [0.15, 0.2) is 0 Å². The maximum Gasteiger partial charge on any atom is 0.120 e. The number of allylic oxidation sites excluding steroid dienone is 2. The van der Waals surface area contributed by atoms with Gasteiger partial charge in [0.25, 0.3) is 0 Å². The van der Waals surface area contributed by atoms with Crippen LogP contribution in [-0.4, -0.2) is 7.11 Å². The van der Waals surface area contributed by atoms with E-state index < -0.39 is 0 Å². The lowest BCUT2D eigenvalue weighted by Crippen LogP contribution is -1.93. The highest BCUT2D eigenvalue weighted by Gasteiger charge is 2.02. The second-order valence-electron chi connectivity index (χ2n) is 2.89. The minimum atomic E-state index is 0.965. The van der Waals surface area contributed by atoms with Gasteiger partial charge in [-0.2, -0.15) is 0 Å². The van der Waals surface area contributed by atoms with Gasteiger partial charge in [-0.3, -0.25) is 0 Å². The number of terminal acetylenes is 1. The maximum atomic E-state index is 5.21. The molecule has 1 nitrogen and oxygen atoms in total. The summed E-state index contributed by atoms with van der Waals surface area (Å²) in [5, 5.41) is 0. The lowest BCUT2D eigenvalue weighted by atomic mass is 10.1. The number of rotatable bonds is 4. The quantitative estimate of drug-likeness (QED) is 0.365. The van der Waals surface area contributed by atoms with Gasteiger partial charge in [-0.05, 0) is 31.4 Å². The minimum Gasteiger partial charge on any atom is -0.497 e. The van der Waals surface area contributed by atoms with Gasteiger partial charge in [-0.25, -0.2) is 0 Å². The zero-order valence-corrected chi connectivity index (χ0v) is 9.18. The Kier molecular flexibility index (Phi) is 9.87. The van der Waals surface area contributed by atoms with E-state index in [1.165, 1.54) is 5.57 Å². The summed E-state index contributed by atoms with van der Waals surface area (Å²) in [5.74, 6) is 0.965. The highest BCUT2D eigenvalue weighted by atomic mass is 16.5. The Morgan fingerprint density at radius 1 is 1.31 bits per heavy atom. The first-order chi connectivity index (χ1) is 6.13. The van der Waals surface area contributed by atoms with Gasteiger partial charge in [0, 0.05) is 0 Å². The first-order valence-electron chi connectivity index (χ1n) is 4.36. The van der Waals surface area contributed by atoms with Gasteiger partial charge in [-0.1, -0.05) is 19.9 Å². The maximum absolute atomic E-state index is 5.21. The fraction of sp³-hybridized carbons (Fsp3) is 0.500. The molecule has 0 aromatic heterocycles. The van der Waals surface area contributed by atoms with Crippen molar-refractivity contribution in [2.24, 2.45) is 0 Å². The van der Waals surface area contributed by atoms with Crippen molar-refractivity contribution in [2.45, 2.75) is 33.6 Å². The van der Waals surface area contributed by atoms with Crippen LogP contribution in [0.4, 0.5) is 0 Å². The summed E-state index contributed by atoms with van der Waals surface area (Å²) in [6.07, 6.45) is 10.1. The summed E-state index contributed by atoms with van der Waals surface area (Å²) in [7, 11) is 1.70. The fourth-order valence-corrected chi connectivity index (χ4v) is 1.12. The fourth-order valence-electron chi connectivity index (χ4n) is 1.12. The molecule has 0 bridgehead atoms. The van der Waals surface area contributed by atoms with Crippen LogP contribution in [0.25, 0.3) is 0 Å². The van der Waals surface area contributed by atoms with Gasteiger partial charge in [0.2, 0.25) is 0 Å². The molecule has 0 aromatic carbocycles. The molecule has 0 N–H and O–H groups in total. The highest BCUT2D eigenvalue weighted by Crippen LogP contribution is 2.17. The predicted molar refractivity (Wildman–Crippen MR) is 59.3 cm³/mol. The van der Waals surface area contributed by atoms with Crippen LogP contribution in [0, 0.1) is 12.8 Å². The molecule has 0 aromatic rings. The Morgan fingerprint density at radius 2 is 1.77 bits per heavy atom. The zero-order valence-electron chi connectivity index (χ0n) is 9.18. The van der Waals surface area contributed by atoms with E-state index in [0.29, 0.717) is 0 Å². The van der Waals surface area contributed by atoms with Crippen molar-refractivity contribution in [3.05, 3.63) is 23.5 Å². The Hall–Kier alpha value is -1.16. The van der Waals surface area contributed by atoms with Crippen LogP contribution in [0.5, 0.6) is 0 Å². The Bertz CT molecular complexity index is 192. The first kappa shape index (κ1) is 14.4. The van der Waals surface area contributed by atoms with Crippen LogP contribution >= 0.6 is 0 Å². The zero-order chi connectivity index (χ0) is 10.9. The molecule has 0 atom stereocenters. The first-order valence-corrected chi connectivity index (χ1v) is 4.36. The van der Waals surface area contributed by atoms with E-state index in [9.17, 15) is 0 Å². The molecule has 0 aliphatic heterocycles. The third-order valence-corrected chi connectivity index (χ3v) is 1.53. The Balaban J connectivity index is 0. The smallest absolute Gasteiger partial charge is 0.120 e. The van der Waals surface area contributed by atoms with E-state index in [4.69, 9.17) is 4.74 Å². The number of ether oxygens (including phenoxy) is 1. The van der Waals surface area contributed by atoms with Crippen LogP contribution in [0.2, 0.25) is 0 Å². The van der Waals surface area contributed by atoms with Gasteiger partial charge in [-0.15, -0.1) is 12.8 Å². The van der Waals surface area contributed by atoms with E-state index >= 15 is 0 Å². The third-order valence-electron chi connectivity index (χ3n) is 1.53. The molecule has 0 amide bonds. The van der Waals surface area contributed by atoms with Crippen molar-refractivity contribution >= 4 is 0 Å². The molecule has 0 radical (unpaired) electrons. The van der Waals surface area contributed by atoms with Crippen molar-refractivity contribution in [3.63, 3.8) is 0 Å². The standard InChI is InChI=1S/C10H18O.C2H2/c1-6-7-9(4)10(11-5)8(2)3;1-2/h4,6-7H2,1-3,5H3;1-2H. The van der Waals surface area contributed by atoms with Gasteiger partial charge >= 0.3 is 0 Å². The molecule has 74 valence electrons. The Morgan fingerprint density at radius 3 is 2.00 bits per heavy atom. The summed E-state index contributed by atoms with van der Waals surface area (Å²) in [4.78, 5) is 0. The molecule has 0 heterocycles. The monoisotopic (exact) mass is 180 g/mol. The lowest BCUT2D eigenvalue weighted by molar-refractivity contribution is 0.294. The molecule has 0 rings (SSSR count). The number of methoxy groups -OCH3 is 1. The van der Waals surface area contributed by atoms with Crippen LogP contribution in [0.15, 0.2) is 23.5 Å². The molecule has 0 aliphatic rings. The topological polar surface area (TPSA) is 9.23 Å². The van der Waals surface area contributed by atoms with Crippen molar-refractivity contribution in [2.75, 3.05) is 7.11 Å². The van der Waals surface area contributed by atoms with Gasteiger partial charge in [0.05, 0.1) is 7.11 Å². The van der Waals surface area contributed by atoms with Crippen LogP contribution in [0.3, 0.4) is 0 Å². The molecule has 1 heteroatoms. The number of hydrogen-bond donors (Lipinski definition) is 0. The summed E-state index contributed by atoms with van der Waals surface area (Å²) in [5.41, 5.74) is 2.31. The van der Waals surface area contributed by atoms with Crippen LogP contribution in [0.1, 0.15) is 33.6 Å². The molecule has 0 saturated heterocycles. The minimum absolute atomic E-state index is 0.965. The van der Waals surface area contributed by atoms with E-state index in [-0.39, 0.29) is 0 Å². The summed E-state index contributed by atoms with van der Waals surface area (Å²) < 4.78 is 5.21. The molecule has 0 saturated carbocycles. The van der Waals surface area contributed by atoms with Gasteiger partial charge in [0.1, 0.15) is 5.76 Å². The summed E-state index contributed by atoms with van der Waals surface area (Å²) in [6, 6.07) is 0. The van der Waals surface area contributed by atoms with Crippen LogP contribution in [-0.2, 0) is 4.74 Å². The second-order valence-corrected chi connectivity index (χ2v) is 2.89. The van der Waals surface area contributed by atoms with Crippen molar-refractivity contribution < 1.29 is 4.74 Å². The molecule has 0 unspecified atom stereocenters. The van der Waals surface area contributed by atoms with Gasteiger partial charge < -0.3 is 4.74 Å². The second kappa shape index (κ2) is 8.93. The summed E-state index contributed by atoms with van der Waals surface area (Å²) >= 11 is 0. The van der Waals surface area contributed by atoms with E-state index in [2.05, 4.69) is 26.3 Å². The normalized spacial score (nSPS) is 7.85. The van der Waals surface area contributed by atoms with E-state index in [1.807, 2.05) is 13.8 Å². The Labute approximate surface area is 82.5 Å². The average molecular weight is 180 g/mol. The molecular formula is C12H20O. The average Bonchev–Trinajstić information content (AvgIpc) is 2.09. The predicted octanol–water partition coefficient (Wildman–Crippen LogP) is 3.53. The molecular weight excluding hydrogens is 160 g/mol. The van der Waals surface area contributed by atoms with Crippen molar-refractivity contribution in [1.82, 2.24) is 0 Å². The summed E-state index contributed by atoms with van der Waals surface area (Å²) in [6.45, 7) is 10.2. The molecule has 0 aliphatic carbocycles. The van der Waals surface area contributed by atoms with E-state index in [1.54, 1.807) is 7.11 Å². The molecule has 0 spiro atoms. The highest BCUT2D eigenvalue weighted by molar-refractivity contribution is 5.26.